The van der Waals surface area contributed by atoms with Crippen molar-refractivity contribution >= 4 is 17.8 Å². The topological polar surface area (TPSA) is 93.7 Å². The SMILES string of the molecule is CCOc1ccccc1C(=O)NCC(=O)OCC(=O)NCCC(c1ccccc1)c1ccccc1. The van der Waals surface area contributed by atoms with Crippen molar-refractivity contribution in [1.82, 2.24) is 10.6 Å². The van der Waals surface area contributed by atoms with Crippen LogP contribution in [0.25, 0.3) is 0 Å². The molecule has 3 aromatic carbocycles. The Balaban J connectivity index is 1.42. The minimum atomic E-state index is -0.700. The van der Waals surface area contributed by atoms with Crippen LogP contribution in [0.4, 0.5) is 0 Å². The van der Waals surface area contributed by atoms with E-state index in [1.807, 2.05) is 43.3 Å². The highest BCUT2D eigenvalue weighted by atomic mass is 16.5. The maximum Gasteiger partial charge on any atom is 0.325 e. The Morgan fingerprint density at radius 3 is 2.03 bits per heavy atom. The molecule has 0 saturated carbocycles. The highest BCUT2D eigenvalue weighted by molar-refractivity contribution is 5.98. The van der Waals surface area contributed by atoms with E-state index >= 15 is 0 Å². The van der Waals surface area contributed by atoms with E-state index in [2.05, 4.69) is 34.9 Å². The van der Waals surface area contributed by atoms with Gasteiger partial charge in [-0.05, 0) is 36.6 Å². The van der Waals surface area contributed by atoms with Crippen LogP contribution in [0, 0.1) is 0 Å². The van der Waals surface area contributed by atoms with Crippen LogP contribution >= 0.6 is 0 Å². The van der Waals surface area contributed by atoms with Gasteiger partial charge in [0.25, 0.3) is 11.8 Å². The first-order chi connectivity index (χ1) is 17.1. The third-order valence-electron chi connectivity index (χ3n) is 5.35. The second-order valence-corrected chi connectivity index (χ2v) is 7.79. The molecule has 0 spiro atoms. The summed E-state index contributed by atoms with van der Waals surface area (Å²) in [5.41, 5.74) is 2.66. The second kappa shape index (κ2) is 13.5. The van der Waals surface area contributed by atoms with Crippen LogP contribution in [0.2, 0.25) is 0 Å². The van der Waals surface area contributed by atoms with Crippen LogP contribution in [-0.4, -0.2) is 44.1 Å². The van der Waals surface area contributed by atoms with Gasteiger partial charge in [-0.1, -0.05) is 72.8 Å². The van der Waals surface area contributed by atoms with Gasteiger partial charge in [0.1, 0.15) is 12.3 Å². The summed E-state index contributed by atoms with van der Waals surface area (Å²) in [4.78, 5) is 36.5. The summed E-state index contributed by atoms with van der Waals surface area (Å²) in [7, 11) is 0. The largest absolute Gasteiger partial charge is 0.493 e. The molecule has 0 heterocycles. The van der Waals surface area contributed by atoms with Crippen molar-refractivity contribution < 1.29 is 23.9 Å². The summed E-state index contributed by atoms with van der Waals surface area (Å²) in [6.07, 6.45) is 0.697. The third-order valence-corrected chi connectivity index (χ3v) is 5.35. The number of hydrogen-bond acceptors (Lipinski definition) is 5. The predicted octanol–water partition coefficient (Wildman–Crippen LogP) is 3.70. The van der Waals surface area contributed by atoms with E-state index in [-0.39, 0.29) is 12.5 Å². The smallest absolute Gasteiger partial charge is 0.325 e. The Bertz CT molecular complexity index is 1060. The number of carbonyl (C=O) groups excluding carboxylic acids is 3. The highest BCUT2D eigenvalue weighted by Gasteiger charge is 2.16. The van der Waals surface area contributed by atoms with Gasteiger partial charge in [-0.15, -0.1) is 0 Å². The minimum absolute atomic E-state index is 0.134. The van der Waals surface area contributed by atoms with Gasteiger partial charge in [0.2, 0.25) is 0 Å². The molecule has 0 bridgehead atoms. The first-order valence-corrected chi connectivity index (χ1v) is 11.6. The molecule has 7 nitrogen and oxygen atoms in total. The first kappa shape index (κ1) is 25.5. The molecule has 0 aliphatic rings. The maximum atomic E-state index is 12.3. The Hall–Kier alpha value is -4.13. The van der Waals surface area contributed by atoms with E-state index in [1.54, 1.807) is 24.3 Å². The molecule has 0 fully saturated rings. The molecule has 2 amide bonds. The van der Waals surface area contributed by atoms with Crippen LogP contribution in [0.5, 0.6) is 5.75 Å². The normalized spacial score (nSPS) is 10.5. The molecule has 0 aliphatic carbocycles. The van der Waals surface area contributed by atoms with Crippen LogP contribution in [-0.2, 0) is 14.3 Å². The molecular formula is C28H30N2O5. The fourth-order valence-electron chi connectivity index (χ4n) is 3.68. The van der Waals surface area contributed by atoms with E-state index in [9.17, 15) is 14.4 Å². The molecule has 182 valence electrons. The molecule has 0 aromatic heterocycles. The van der Waals surface area contributed by atoms with Crippen LogP contribution < -0.4 is 15.4 Å². The van der Waals surface area contributed by atoms with Crippen molar-refractivity contribution in [2.75, 3.05) is 26.3 Å². The van der Waals surface area contributed by atoms with Gasteiger partial charge in [0, 0.05) is 12.5 Å². The molecule has 3 rings (SSSR count). The van der Waals surface area contributed by atoms with Crippen molar-refractivity contribution in [3.05, 3.63) is 102 Å². The molecule has 7 heteroatoms. The van der Waals surface area contributed by atoms with Crippen LogP contribution in [0.1, 0.15) is 40.7 Å². The Morgan fingerprint density at radius 1 is 0.800 bits per heavy atom. The van der Waals surface area contributed by atoms with E-state index in [0.29, 0.717) is 30.9 Å². The number of esters is 1. The molecular weight excluding hydrogens is 444 g/mol. The van der Waals surface area contributed by atoms with Gasteiger partial charge in [-0.2, -0.15) is 0 Å². The van der Waals surface area contributed by atoms with E-state index in [0.717, 1.165) is 0 Å². The average molecular weight is 475 g/mol. The average Bonchev–Trinajstić information content (AvgIpc) is 2.90. The van der Waals surface area contributed by atoms with Crippen molar-refractivity contribution in [2.45, 2.75) is 19.3 Å². The van der Waals surface area contributed by atoms with Gasteiger partial charge < -0.3 is 20.1 Å². The lowest BCUT2D eigenvalue weighted by Crippen LogP contribution is -2.34. The van der Waals surface area contributed by atoms with E-state index < -0.39 is 24.4 Å². The summed E-state index contributed by atoms with van der Waals surface area (Å²) in [5, 5.41) is 5.29. The number of nitrogens with one attached hydrogen (secondary N) is 2. The number of rotatable bonds is 12. The van der Waals surface area contributed by atoms with Crippen LogP contribution in [0.15, 0.2) is 84.9 Å². The van der Waals surface area contributed by atoms with Gasteiger partial charge in [0.15, 0.2) is 6.61 Å². The standard InChI is InChI=1S/C28H30N2O5/c1-2-34-25-16-10-9-15-24(25)28(33)30-19-27(32)35-20-26(31)29-18-17-23(21-11-5-3-6-12-21)22-13-7-4-8-14-22/h3-16,23H,2,17-20H2,1H3,(H,29,31)(H,30,33). The van der Waals surface area contributed by atoms with E-state index in [4.69, 9.17) is 9.47 Å². The zero-order valence-electron chi connectivity index (χ0n) is 19.7. The Labute approximate surface area is 205 Å². The highest BCUT2D eigenvalue weighted by Crippen LogP contribution is 2.27. The molecule has 35 heavy (non-hydrogen) atoms. The number of ether oxygens (including phenoxy) is 2. The lowest BCUT2D eigenvalue weighted by Gasteiger charge is -2.18. The van der Waals surface area contributed by atoms with Crippen LogP contribution in [0.3, 0.4) is 0 Å². The zero-order chi connectivity index (χ0) is 24.9. The summed E-state index contributed by atoms with van der Waals surface area (Å²) in [6, 6.07) is 27.0. The fraction of sp³-hybridized carbons (Fsp3) is 0.250. The lowest BCUT2D eigenvalue weighted by molar-refractivity contribution is -0.147. The Morgan fingerprint density at radius 2 is 1.40 bits per heavy atom. The molecule has 0 radical (unpaired) electrons. The predicted molar refractivity (Wildman–Crippen MR) is 133 cm³/mol. The number of hydrogen-bond donors (Lipinski definition) is 2. The maximum absolute atomic E-state index is 12.3. The molecule has 2 N–H and O–H groups in total. The molecule has 0 atom stereocenters. The number of para-hydroxylation sites is 1. The number of benzene rings is 3. The van der Waals surface area contributed by atoms with Gasteiger partial charge >= 0.3 is 5.97 Å². The van der Waals surface area contributed by atoms with Crippen molar-refractivity contribution in [2.24, 2.45) is 0 Å². The molecule has 0 unspecified atom stereocenters. The van der Waals surface area contributed by atoms with Crippen molar-refractivity contribution in [3.63, 3.8) is 0 Å². The van der Waals surface area contributed by atoms with Gasteiger partial charge in [-0.25, -0.2) is 0 Å². The summed E-state index contributed by atoms with van der Waals surface area (Å²) < 4.78 is 10.4. The Kier molecular flexibility index (Phi) is 9.87. The quantitative estimate of drug-likeness (QED) is 0.391. The monoisotopic (exact) mass is 474 g/mol. The number of amides is 2. The first-order valence-electron chi connectivity index (χ1n) is 11.6. The lowest BCUT2D eigenvalue weighted by atomic mass is 9.88. The fourth-order valence-corrected chi connectivity index (χ4v) is 3.68. The summed E-state index contributed by atoms with van der Waals surface area (Å²) in [6.45, 7) is 1.90. The van der Waals surface area contributed by atoms with Crippen molar-refractivity contribution in [1.29, 1.82) is 0 Å². The van der Waals surface area contributed by atoms with Gasteiger partial charge in [0.05, 0.1) is 12.2 Å². The summed E-state index contributed by atoms with van der Waals surface area (Å²) >= 11 is 0. The zero-order valence-corrected chi connectivity index (χ0v) is 19.7. The third kappa shape index (κ3) is 7.99. The minimum Gasteiger partial charge on any atom is -0.493 e. The summed E-state index contributed by atoms with van der Waals surface area (Å²) in [5.74, 6) is -0.983. The number of carbonyl (C=O) groups is 3. The van der Waals surface area contributed by atoms with Crippen molar-refractivity contribution in [3.8, 4) is 5.75 Å². The van der Waals surface area contributed by atoms with Gasteiger partial charge in [-0.3, -0.25) is 14.4 Å². The molecule has 0 saturated heterocycles. The molecule has 3 aromatic rings. The van der Waals surface area contributed by atoms with E-state index in [1.165, 1.54) is 11.1 Å². The second-order valence-electron chi connectivity index (χ2n) is 7.79. The molecule has 0 aliphatic heterocycles.